The zero-order valence-corrected chi connectivity index (χ0v) is 12.9. The minimum atomic E-state index is -0.370. The molecule has 1 amide bonds. The summed E-state index contributed by atoms with van der Waals surface area (Å²) in [5.74, 6) is -0.0509. The van der Waals surface area contributed by atoms with Crippen LogP contribution in [0, 0.1) is 5.92 Å². The number of aromatic nitrogens is 1. The monoisotopic (exact) mass is 306 g/mol. The van der Waals surface area contributed by atoms with Crippen LogP contribution in [0.4, 0.5) is 0 Å². The lowest BCUT2D eigenvalue weighted by Crippen LogP contribution is -2.30. The molecule has 2 aromatic rings. The van der Waals surface area contributed by atoms with Gasteiger partial charge in [-0.1, -0.05) is 42.8 Å². The standard InChI is InChI=1S/C16H19ClN2O2/c1-10(7-11(2)20)9-18-16(21)14-8-12-5-3-4-6-13(12)15(17)19-14/h3-6,8,10-11,20H,7,9H2,1-2H3,(H,18,21). The predicted octanol–water partition coefficient (Wildman–Crippen LogP) is 3.03. The molecule has 0 aliphatic rings. The Hall–Kier alpha value is -1.65. The second-order valence-corrected chi connectivity index (χ2v) is 5.78. The fraction of sp³-hybridized carbons (Fsp3) is 0.375. The number of halogens is 1. The van der Waals surface area contributed by atoms with E-state index in [0.717, 1.165) is 10.8 Å². The lowest BCUT2D eigenvalue weighted by Gasteiger charge is -2.14. The van der Waals surface area contributed by atoms with Gasteiger partial charge in [-0.2, -0.15) is 0 Å². The van der Waals surface area contributed by atoms with Gasteiger partial charge in [0.1, 0.15) is 10.8 Å². The molecule has 5 heteroatoms. The van der Waals surface area contributed by atoms with Gasteiger partial charge < -0.3 is 10.4 Å². The number of nitrogens with zero attached hydrogens (tertiary/aromatic N) is 1. The number of fused-ring (bicyclic) bond motifs is 1. The Morgan fingerprint density at radius 2 is 2.10 bits per heavy atom. The minimum Gasteiger partial charge on any atom is -0.393 e. The van der Waals surface area contributed by atoms with Crippen molar-refractivity contribution >= 4 is 28.3 Å². The molecule has 0 fully saturated rings. The molecule has 0 radical (unpaired) electrons. The van der Waals surface area contributed by atoms with E-state index in [2.05, 4.69) is 10.3 Å². The summed E-state index contributed by atoms with van der Waals surface area (Å²) >= 11 is 6.11. The number of aliphatic hydroxyl groups is 1. The van der Waals surface area contributed by atoms with Crippen LogP contribution in [0.25, 0.3) is 10.8 Å². The molecule has 21 heavy (non-hydrogen) atoms. The number of pyridine rings is 1. The van der Waals surface area contributed by atoms with Crippen molar-refractivity contribution in [2.24, 2.45) is 5.92 Å². The van der Waals surface area contributed by atoms with Crippen molar-refractivity contribution in [1.29, 1.82) is 0 Å². The maximum Gasteiger partial charge on any atom is 0.269 e. The van der Waals surface area contributed by atoms with Crippen LogP contribution in [0.15, 0.2) is 30.3 Å². The zero-order chi connectivity index (χ0) is 15.4. The molecule has 0 saturated carbocycles. The van der Waals surface area contributed by atoms with Gasteiger partial charge >= 0.3 is 0 Å². The first-order valence-electron chi connectivity index (χ1n) is 6.99. The third-order valence-corrected chi connectivity index (χ3v) is 3.57. The number of hydrogen-bond acceptors (Lipinski definition) is 3. The SMILES string of the molecule is CC(O)CC(C)CNC(=O)c1cc2ccccc2c(Cl)n1. The maximum atomic E-state index is 12.1. The van der Waals surface area contributed by atoms with Crippen LogP contribution in [0.2, 0.25) is 5.15 Å². The van der Waals surface area contributed by atoms with E-state index in [4.69, 9.17) is 11.6 Å². The Labute approximate surface area is 129 Å². The van der Waals surface area contributed by atoms with Crippen LogP contribution in [-0.4, -0.2) is 28.6 Å². The number of nitrogens with one attached hydrogen (secondary N) is 1. The van der Waals surface area contributed by atoms with E-state index >= 15 is 0 Å². The molecule has 1 aromatic carbocycles. The molecule has 0 aliphatic heterocycles. The highest BCUT2D eigenvalue weighted by Crippen LogP contribution is 2.22. The number of amides is 1. The predicted molar refractivity (Wildman–Crippen MR) is 84.5 cm³/mol. The van der Waals surface area contributed by atoms with E-state index in [1.54, 1.807) is 13.0 Å². The molecule has 0 aliphatic carbocycles. The number of benzene rings is 1. The Morgan fingerprint density at radius 1 is 1.38 bits per heavy atom. The molecule has 0 saturated heterocycles. The molecule has 2 atom stereocenters. The molecular formula is C16H19ClN2O2. The van der Waals surface area contributed by atoms with Crippen molar-refractivity contribution in [3.63, 3.8) is 0 Å². The van der Waals surface area contributed by atoms with Crippen molar-refractivity contribution in [3.05, 3.63) is 41.2 Å². The summed E-state index contributed by atoms with van der Waals surface area (Å²) in [7, 11) is 0. The maximum absolute atomic E-state index is 12.1. The average molecular weight is 307 g/mol. The normalized spacial score (nSPS) is 13.9. The Bertz CT molecular complexity index is 643. The number of carbonyl (C=O) groups excluding carboxylic acids is 1. The summed E-state index contributed by atoms with van der Waals surface area (Å²) in [5.41, 5.74) is 0.308. The van der Waals surface area contributed by atoms with Gasteiger partial charge in [0.2, 0.25) is 0 Å². The van der Waals surface area contributed by atoms with Crippen LogP contribution in [0.3, 0.4) is 0 Å². The van der Waals surface area contributed by atoms with Gasteiger partial charge in [-0.05, 0) is 30.7 Å². The van der Waals surface area contributed by atoms with Crippen molar-refractivity contribution in [3.8, 4) is 0 Å². The zero-order valence-electron chi connectivity index (χ0n) is 12.1. The minimum absolute atomic E-state index is 0.199. The number of hydrogen-bond donors (Lipinski definition) is 2. The molecule has 112 valence electrons. The van der Waals surface area contributed by atoms with Crippen LogP contribution in [0.5, 0.6) is 0 Å². The second kappa shape index (κ2) is 6.87. The van der Waals surface area contributed by atoms with E-state index in [0.29, 0.717) is 23.8 Å². The molecule has 0 bridgehead atoms. The van der Waals surface area contributed by atoms with Crippen LogP contribution in [0.1, 0.15) is 30.8 Å². The molecule has 1 aromatic heterocycles. The van der Waals surface area contributed by atoms with Gasteiger partial charge in [0.15, 0.2) is 0 Å². The Kier molecular flexibility index (Phi) is 5.15. The van der Waals surface area contributed by atoms with Gasteiger partial charge in [-0.3, -0.25) is 4.79 Å². The number of aliphatic hydroxyl groups excluding tert-OH is 1. The third-order valence-electron chi connectivity index (χ3n) is 3.28. The van der Waals surface area contributed by atoms with Crippen LogP contribution >= 0.6 is 11.6 Å². The highest BCUT2D eigenvalue weighted by molar-refractivity contribution is 6.34. The van der Waals surface area contributed by atoms with Gasteiger partial charge in [0.05, 0.1) is 6.10 Å². The Morgan fingerprint density at radius 3 is 2.81 bits per heavy atom. The van der Waals surface area contributed by atoms with E-state index in [-0.39, 0.29) is 17.9 Å². The van der Waals surface area contributed by atoms with Crippen molar-refractivity contribution < 1.29 is 9.90 Å². The summed E-state index contributed by atoms with van der Waals surface area (Å²) in [6.45, 7) is 4.21. The molecule has 1 heterocycles. The highest BCUT2D eigenvalue weighted by atomic mass is 35.5. The fourth-order valence-electron chi connectivity index (χ4n) is 2.30. The smallest absolute Gasteiger partial charge is 0.269 e. The topological polar surface area (TPSA) is 62.2 Å². The number of rotatable bonds is 5. The third kappa shape index (κ3) is 4.16. The molecule has 2 N–H and O–H groups in total. The van der Waals surface area contributed by atoms with Crippen molar-refractivity contribution in [1.82, 2.24) is 10.3 Å². The van der Waals surface area contributed by atoms with Crippen molar-refractivity contribution in [2.45, 2.75) is 26.4 Å². The quantitative estimate of drug-likeness (QED) is 0.835. The fourth-order valence-corrected chi connectivity index (χ4v) is 2.56. The van der Waals surface area contributed by atoms with Crippen molar-refractivity contribution in [2.75, 3.05) is 6.54 Å². The summed E-state index contributed by atoms with van der Waals surface area (Å²) in [6, 6.07) is 9.28. The van der Waals surface area contributed by atoms with E-state index in [1.165, 1.54) is 0 Å². The largest absolute Gasteiger partial charge is 0.393 e. The number of carbonyl (C=O) groups is 1. The average Bonchev–Trinajstić information content (AvgIpc) is 2.44. The molecule has 4 nitrogen and oxygen atoms in total. The van der Waals surface area contributed by atoms with Crippen LogP contribution < -0.4 is 5.32 Å². The van der Waals surface area contributed by atoms with E-state index in [1.807, 2.05) is 31.2 Å². The highest BCUT2D eigenvalue weighted by Gasteiger charge is 2.13. The first-order chi connectivity index (χ1) is 9.97. The van der Waals surface area contributed by atoms with Crippen LogP contribution in [-0.2, 0) is 0 Å². The first-order valence-corrected chi connectivity index (χ1v) is 7.36. The molecule has 2 rings (SSSR count). The summed E-state index contributed by atoms with van der Waals surface area (Å²) in [4.78, 5) is 16.3. The van der Waals surface area contributed by atoms with Gasteiger partial charge in [0.25, 0.3) is 5.91 Å². The molecule has 0 spiro atoms. The van der Waals surface area contributed by atoms with E-state index < -0.39 is 0 Å². The lowest BCUT2D eigenvalue weighted by atomic mass is 10.0. The summed E-state index contributed by atoms with van der Waals surface area (Å²) < 4.78 is 0. The summed E-state index contributed by atoms with van der Waals surface area (Å²) in [6.07, 6.45) is 0.275. The molecular weight excluding hydrogens is 288 g/mol. The van der Waals surface area contributed by atoms with Gasteiger partial charge in [0, 0.05) is 11.9 Å². The lowest BCUT2D eigenvalue weighted by molar-refractivity contribution is 0.0934. The molecule has 2 unspecified atom stereocenters. The summed E-state index contributed by atoms with van der Waals surface area (Å²) in [5, 5.41) is 14.2. The first kappa shape index (κ1) is 15.7. The van der Waals surface area contributed by atoms with Gasteiger partial charge in [-0.25, -0.2) is 4.98 Å². The second-order valence-electron chi connectivity index (χ2n) is 5.42. The van der Waals surface area contributed by atoms with Gasteiger partial charge in [-0.15, -0.1) is 0 Å². The van der Waals surface area contributed by atoms with E-state index in [9.17, 15) is 9.90 Å². The Balaban J connectivity index is 2.09.